The van der Waals surface area contributed by atoms with E-state index in [1.807, 2.05) is 4.90 Å². The molecule has 27 heavy (non-hydrogen) atoms. The maximum atomic E-state index is 13.2. The first-order chi connectivity index (χ1) is 13.2. The number of carbonyl (C=O) groups excluding carboxylic acids is 1. The predicted octanol–water partition coefficient (Wildman–Crippen LogP) is 4.54. The van der Waals surface area contributed by atoms with Gasteiger partial charge in [0.25, 0.3) is 5.22 Å². The van der Waals surface area contributed by atoms with Crippen molar-refractivity contribution in [2.75, 3.05) is 5.75 Å². The Kier molecular flexibility index (Phi) is 5.76. The van der Waals surface area contributed by atoms with Crippen LogP contribution in [0.15, 0.2) is 33.9 Å². The molecule has 0 unspecified atom stereocenters. The van der Waals surface area contributed by atoms with Crippen molar-refractivity contribution >= 4 is 17.7 Å². The van der Waals surface area contributed by atoms with Crippen LogP contribution in [0.4, 0.5) is 4.39 Å². The minimum atomic E-state index is -0.257. The minimum Gasteiger partial charge on any atom is -0.416 e. The van der Waals surface area contributed by atoms with Gasteiger partial charge in [0, 0.05) is 18.5 Å². The molecule has 4 rings (SSSR count). The molecule has 2 saturated carbocycles. The standard InChI is InChI=1S/C20H24FN3O2S/c21-16-10-6-14(7-11-16)12-24(17-4-2-1-3-5-17)18(25)13-27-20-23-22-19(26-20)15-8-9-15/h6-7,10-11,15,17H,1-5,8-9,12-13H2. The zero-order valence-electron chi connectivity index (χ0n) is 15.3. The van der Waals surface area contributed by atoms with Crippen molar-refractivity contribution in [2.24, 2.45) is 0 Å². The number of hydrogen-bond donors (Lipinski definition) is 0. The van der Waals surface area contributed by atoms with Crippen molar-refractivity contribution in [1.29, 1.82) is 0 Å². The molecule has 5 nitrogen and oxygen atoms in total. The monoisotopic (exact) mass is 389 g/mol. The lowest BCUT2D eigenvalue weighted by atomic mass is 9.94. The Morgan fingerprint density at radius 3 is 2.56 bits per heavy atom. The van der Waals surface area contributed by atoms with Crippen molar-refractivity contribution < 1.29 is 13.6 Å². The number of thioether (sulfide) groups is 1. The summed E-state index contributed by atoms with van der Waals surface area (Å²) in [7, 11) is 0. The van der Waals surface area contributed by atoms with Gasteiger partial charge in [-0.2, -0.15) is 0 Å². The molecule has 2 aliphatic carbocycles. The summed E-state index contributed by atoms with van der Waals surface area (Å²) in [6.45, 7) is 0.515. The molecule has 1 aromatic heterocycles. The zero-order valence-corrected chi connectivity index (χ0v) is 16.1. The van der Waals surface area contributed by atoms with Crippen LogP contribution in [0.3, 0.4) is 0 Å². The molecule has 0 aliphatic heterocycles. The molecule has 0 spiro atoms. The van der Waals surface area contributed by atoms with Crippen molar-refractivity contribution in [1.82, 2.24) is 15.1 Å². The predicted molar refractivity (Wildman–Crippen MR) is 101 cm³/mol. The summed E-state index contributed by atoms with van der Waals surface area (Å²) in [5.74, 6) is 1.21. The van der Waals surface area contributed by atoms with Gasteiger partial charge < -0.3 is 9.32 Å². The van der Waals surface area contributed by atoms with Gasteiger partial charge in [0.15, 0.2) is 0 Å². The summed E-state index contributed by atoms with van der Waals surface area (Å²) in [6, 6.07) is 6.66. The van der Waals surface area contributed by atoms with E-state index in [0.29, 0.717) is 23.6 Å². The third kappa shape index (κ3) is 4.89. The minimum absolute atomic E-state index is 0.0717. The van der Waals surface area contributed by atoms with Gasteiger partial charge >= 0.3 is 0 Å². The summed E-state index contributed by atoms with van der Waals surface area (Å²) < 4.78 is 18.8. The van der Waals surface area contributed by atoms with Gasteiger partial charge in [0.05, 0.1) is 5.75 Å². The number of hydrogen-bond acceptors (Lipinski definition) is 5. The molecule has 7 heteroatoms. The van der Waals surface area contributed by atoms with E-state index in [1.165, 1.54) is 30.3 Å². The summed E-state index contributed by atoms with van der Waals surface area (Å²) >= 11 is 1.31. The first-order valence-corrected chi connectivity index (χ1v) is 10.7. The van der Waals surface area contributed by atoms with Crippen LogP contribution in [-0.2, 0) is 11.3 Å². The van der Waals surface area contributed by atoms with Gasteiger partial charge in [-0.3, -0.25) is 4.79 Å². The van der Waals surface area contributed by atoms with E-state index in [4.69, 9.17) is 4.42 Å². The number of amides is 1. The van der Waals surface area contributed by atoms with E-state index in [0.717, 1.165) is 44.1 Å². The largest absolute Gasteiger partial charge is 0.416 e. The van der Waals surface area contributed by atoms with Crippen molar-refractivity contribution in [3.8, 4) is 0 Å². The topological polar surface area (TPSA) is 59.2 Å². The van der Waals surface area contributed by atoms with Crippen LogP contribution < -0.4 is 0 Å². The lowest BCUT2D eigenvalue weighted by molar-refractivity contribution is -0.132. The smallest absolute Gasteiger partial charge is 0.277 e. The fraction of sp³-hybridized carbons (Fsp3) is 0.550. The molecule has 144 valence electrons. The highest BCUT2D eigenvalue weighted by atomic mass is 32.2. The maximum absolute atomic E-state index is 13.2. The Morgan fingerprint density at radius 1 is 1.11 bits per heavy atom. The third-order valence-electron chi connectivity index (χ3n) is 5.27. The van der Waals surface area contributed by atoms with E-state index in [-0.39, 0.29) is 23.5 Å². The molecule has 1 aromatic carbocycles. The van der Waals surface area contributed by atoms with E-state index in [9.17, 15) is 9.18 Å². The molecule has 2 aromatic rings. The molecule has 1 amide bonds. The van der Waals surface area contributed by atoms with Crippen molar-refractivity contribution in [3.63, 3.8) is 0 Å². The van der Waals surface area contributed by atoms with Crippen LogP contribution in [0, 0.1) is 5.82 Å². The summed E-state index contributed by atoms with van der Waals surface area (Å²) in [5, 5.41) is 8.59. The van der Waals surface area contributed by atoms with Gasteiger partial charge in [-0.15, -0.1) is 10.2 Å². The lowest BCUT2D eigenvalue weighted by Gasteiger charge is -2.34. The van der Waals surface area contributed by atoms with Crippen LogP contribution in [0.1, 0.15) is 62.3 Å². The second kappa shape index (κ2) is 8.42. The number of rotatable bonds is 7. The number of carbonyl (C=O) groups is 1. The van der Waals surface area contributed by atoms with Crippen LogP contribution in [0.25, 0.3) is 0 Å². The van der Waals surface area contributed by atoms with Crippen LogP contribution in [-0.4, -0.2) is 32.8 Å². The van der Waals surface area contributed by atoms with Gasteiger partial charge in [0.2, 0.25) is 11.8 Å². The van der Waals surface area contributed by atoms with Crippen LogP contribution in [0.5, 0.6) is 0 Å². The molecular weight excluding hydrogens is 365 g/mol. The highest BCUT2D eigenvalue weighted by molar-refractivity contribution is 7.99. The quantitative estimate of drug-likeness (QED) is 0.651. The fourth-order valence-corrected chi connectivity index (χ4v) is 4.24. The fourth-order valence-electron chi connectivity index (χ4n) is 3.58. The average molecular weight is 389 g/mol. The van der Waals surface area contributed by atoms with E-state index < -0.39 is 0 Å². The Hall–Kier alpha value is -1.89. The maximum Gasteiger partial charge on any atom is 0.277 e. The second-order valence-electron chi connectivity index (χ2n) is 7.41. The second-order valence-corrected chi connectivity index (χ2v) is 8.34. The normalized spacial score (nSPS) is 17.8. The summed E-state index contributed by atoms with van der Waals surface area (Å²) in [6.07, 6.45) is 7.82. The average Bonchev–Trinajstić information content (AvgIpc) is 3.44. The molecule has 0 radical (unpaired) electrons. The molecule has 2 aliphatic rings. The first-order valence-electron chi connectivity index (χ1n) is 9.69. The van der Waals surface area contributed by atoms with Crippen LogP contribution in [0.2, 0.25) is 0 Å². The Morgan fingerprint density at radius 2 is 1.85 bits per heavy atom. The summed E-state index contributed by atoms with van der Waals surface area (Å²) in [5.41, 5.74) is 0.953. The molecule has 0 atom stereocenters. The van der Waals surface area contributed by atoms with E-state index in [2.05, 4.69) is 10.2 Å². The van der Waals surface area contributed by atoms with Gasteiger partial charge in [0.1, 0.15) is 5.82 Å². The lowest BCUT2D eigenvalue weighted by Crippen LogP contribution is -2.41. The number of aromatic nitrogens is 2. The SMILES string of the molecule is O=C(CSc1nnc(C2CC2)o1)N(Cc1ccc(F)cc1)C1CCCCC1. The number of halogens is 1. The first kappa shape index (κ1) is 18.5. The van der Waals surface area contributed by atoms with Gasteiger partial charge in [-0.25, -0.2) is 4.39 Å². The van der Waals surface area contributed by atoms with Gasteiger partial charge in [-0.1, -0.05) is 43.2 Å². The Bertz CT molecular complexity index is 770. The van der Waals surface area contributed by atoms with Crippen molar-refractivity contribution in [3.05, 3.63) is 41.5 Å². The third-order valence-corrected chi connectivity index (χ3v) is 6.07. The van der Waals surface area contributed by atoms with Gasteiger partial charge in [-0.05, 0) is 43.4 Å². The molecule has 1 heterocycles. The van der Waals surface area contributed by atoms with E-state index >= 15 is 0 Å². The van der Waals surface area contributed by atoms with Crippen molar-refractivity contribution in [2.45, 2.75) is 68.7 Å². The number of benzene rings is 1. The molecule has 0 saturated heterocycles. The number of nitrogens with zero attached hydrogens (tertiary/aromatic N) is 3. The molecule has 0 N–H and O–H groups in total. The molecular formula is C20H24FN3O2S. The highest BCUT2D eigenvalue weighted by Gasteiger charge is 2.30. The zero-order chi connectivity index (χ0) is 18.6. The summed E-state index contributed by atoms with van der Waals surface area (Å²) in [4.78, 5) is 14.9. The Labute approximate surface area is 162 Å². The van der Waals surface area contributed by atoms with Crippen LogP contribution >= 0.6 is 11.8 Å². The highest BCUT2D eigenvalue weighted by Crippen LogP contribution is 2.39. The Balaban J connectivity index is 1.41. The molecule has 2 fully saturated rings. The van der Waals surface area contributed by atoms with E-state index in [1.54, 1.807) is 12.1 Å². The molecule has 0 bridgehead atoms.